The minimum atomic E-state index is -1.26. The molecule has 27 heavy (non-hydrogen) atoms. The third-order valence-electron chi connectivity index (χ3n) is 3.77. The molecule has 3 N–H and O–H groups in total. The predicted octanol–water partition coefficient (Wildman–Crippen LogP) is 2.24. The zero-order chi connectivity index (χ0) is 20.2. The van der Waals surface area contributed by atoms with Gasteiger partial charge in [-0.2, -0.15) is 0 Å². The highest BCUT2D eigenvalue weighted by Gasteiger charge is 2.10. The summed E-state index contributed by atoms with van der Waals surface area (Å²) in [5.74, 6) is -1.60. The molecule has 0 aliphatic carbocycles. The first-order chi connectivity index (χ1) is 12.8. The van der Waals surface area contributed by atoms with Crippen molar-refractivity contribution in [2.75, 3.05) is 27.3 Å². The second-order valence-corrected chi connectivity index (χ2v) is 5.92. The van der Waals surface area contributed by atoms with Gasteiger partial charge in [-0.1, -0.05) is 36.4 Å². The summed E-state index contributed by atoms with van der Waals surface area (Å²) in [4.78, 5) is 21.1. The number of carboxylic acid groups (broad SMARTS) is 2. The Morgan fingerprint density at radius 1 is 1.04 bits per heavy atom. The van der Waals surface area contributed by atoms with Crippen LogP contribution in [-0.4, -0.2) is 65.5 Å². The van der Waals surface area contributed by atoms with Crippen LogP contribution in [-0.2, 0) is 9.59 Å². The first kappa shape index (κ1) is 22.1. The molecule has 0 aliphatic rings. The molecule has 1 atom stereocenters. The van der Waals surface area contributed by atoms with Gasteiger partial charge in [0.15, 0.2) is 0 Å². The number of hydrogen-bond donors (Lipinski definition) is 3. The lowest BCUT2D eigenvalue weighted by Crippen LogP contribution is -2.32. The molecule has 0 bridgehead atoms. The van der Waals surface area contributed by atoms with Gasteiger partial charge in [0.05, 0.1) is 13.2 Å². The Hall–Kier alpha value is -2.90. The lowest BCUT2D eigenvalue weighted by molar-refractivity contribution is -0.134. The topological polar surface area (TPSA) is 107 Å². The van der Waals surface area contributed by atoms with Gasteiger partial charge in [0.25, 0.3) is 0 Å². The zero-order valence-corrected chi connectivity index (χ0v) is 15.4. The Morgan fingerprint density at radius 2 is 1.63 bits per heavy atom. The van der Waals surface area contributed by atoms with Crippen LogP contribution < -0.4 is 4.74 Å². The van der Waals surface area contributed by atoms with Crippen molar-refractivity contribution in [3.63, 3.8) is 0 Å². The van der Waals surface area contributed by atoms with Crippen molar-refractivity contribution >= 4 is 22.7 Å². The fourth-order valence-corrected chi connectivity index (χ4v) is 2.28. The number of aliphatic carboxylic acids is 2. The predicted molar refractivity (Wildman–Crippen MR) is 103 cm³/mol. The first-order valence-corrected chi connectivity index (χ1v) is 8.37. The summed E-state index contributed by atoms with van der Waals surface area (Å²) < 4.78 is 5.86. The molecule has 0 saturated heterocycles. The highest BCUT2D eigenvalue weighted by atomic mass is 16.5. The van der Waals surface area contributed by atoms with Crippen LogP contribution in [0.5, 0.6) is 5.75 Å². The number of nitrogens with zero attached hydrogens (tertiary/aromatic N) is 1. The average molecular weight is 375 g/mol. The Balaban J connectivity index is 0.000000387. The lowest BCUT2D eigenvalue weighted by Gasteiger charge is -2.22. The standard InChI is InChI=1S/C16H21NO2.C4H4O4/c1-17(2)14(12-18)10-11-19-16-9-5-7-13-6-3-4-8-15(13)16;5-3(6)1-2-4(7)8/h3-9,14,18H,10-12H2,1-2H3;1-2H,(H,5,6)(H,7,8). The van der Waals surface area contributed by atoms with Crippen molar-refractivity contribution in [1.82, 2.24) is 4.90 Å². The number of aliphatic hydroxyl groups excluding tert-OH is 1. The van der Waals surface area contributed by atoms with Crippen LogP contribution in [0.3, 0.4) is 0 Å². The number of ether oxygens (including phenoxy) is 1. The SMILES string of the molecule is CN(C)C(CO)CCOc1cccc2ccccc12.O=C(O)C=CC(=O)O. The van der Waals surface area contributed by atoms with Gasteiger partial charge in [0.2, 0.25) is 0 Å². The fourth-order valence-electron chi connectivity index (χ4n) is 2.28. The van der Waals surface area contributed by atoms with E-state index in [9.17, 15) is 14.7 Å². The van der Waals surface area contributed by atoms with Crippen molar-refractivity contribution in [3.05, 3.63) is 54.6 Å². The van der Waals surface area contributed by atoms with Crippen LogP contribution in [0, 0.1) is 0 Å². The summed E-state index contributed by atoms with van der Waals surface area (Å²) in [5.41, 5.74) is 0. The van der Waals surface area contributed by atoms with Crippen molar-refractivity contribution in [2.45, 2.75) is 12.5 Å². The van der Waals surface area contributed by atoms with E-state index in [0.717, 1.165) is 17.6 Å². The molecule has 0 aromatic heterocycles. The lowest BCUT2D eigenvalue weighted by atomic mass is 10.1. The van der Waals surface area contributed by atoms with E-state index in [0.29, 0.717) is 18.8 Å². The van der Waals surface area contributed by atoms with E-state index in [1.165, 1.54) is 5.39 Å². The molecular weight excluding hydrogens is 350 g/mol. The Bertz CT molecular complexity index is 751. The number of carbonyl (C=O) groups is 2. The molecule has 7 nitrogen and oxygen atoms in total. The van der Waals surface area contributed by atoms with Crippen molar-refractivity contribution in [3.8, 4) is 5.75 Å². The number of fused-ring (bicyclic) bond motifs is 1. The van der Waals surface area contributed by atoms with Gasteiger partial charge < -0.3 is 25.0 Å². The van der Waals surface area contributed by atoms with Gasteiger partial charge in [-0.15, -0.1) is 0 Å². The quantitative estimate of drug-likeness (QED) is 0.607. The maximum absolute atomic E-state index is 9.55. The third-order valence-corrected chi connectivity index (χ3v) is 3.77. The van der Waals surface area contributed by atoms with Crippen LogP contribution in [0.1, 0.15) is 6.42 Å². The normalized spacial score (nSPS) is 11.9. The molecule has 146 valence electrons. The number of carboxylic acids is 2. The Morgan fingerprint density at radius 3 is 2.19 bits per heavy atom. The van der Waals surface area contributed by atoms with E-state index < -0.39 is 11.9 Å². The zero-order valence-electron chi connectivity index (χ0n) is 15.4. The van der Waals surface area contributed by atoms with E-state index in [1.807, 2.05) is 43.3 Å². The number of aliphatic hydroxyl groups is 1. The molecule has 0 fully saturated rings. The van der Waals surface area contributed by atoms with E-state index >= 15 is 0 Å². The molecule has 2 aromatic rings. The summed E-state index contributed by atoms with van der Waals surface area (Å²) >= 11 is 0. The second kappa shape index (κ2) is 11.7. The summed E-state index contributed by atoms with van der Waals surface area (Å²) in [6.45, 7) is 0.767. The maximum atomic E-state index is 9.55. The molecule has 0 aliphatic heterocycles. The number of likely N-dealkylation sites (N-methyl/N-ethyl adjacent to an activating group) is 1. The minimum Gasteiger partial charge on any atom is -0.493 e. The van der Waals surface area contributed by atoms with E-state index in [2.05, 4.69) is 18.2 Å². The summed E-state index contributed by atoms with van der Waals surface area (Å²) in [6.07, 6.45) is 1.93. The second-order valence-electron chi connectivity index (χ2n) is 5.92. The molecule has 1 unspecified atom stereocenters. The molecule has 0 saturated carbocycles. The van der Waals surface area contributed by atoms with E-state index in [1.54, 1.807) is 0 Å². The summed E-state index contributed by atoms with van der Waals surface area (Å²) in [6, 6.07) is 14.4. The number of hydrogen-bond acceptors (Lipinski definition) is 5. The van der Waals surface area contributed by atoms with Gasteiger partial charge in [-0.3, -0.25) is 0 Å². The Kier molecular flexibility index (Phi) is 9.57. The van der Waals surface area contributed by atoms with E-state index in [4.69, 9.17) is 14.9 Å². The number of rotatable bonds is 8. The molecule has 0 spiro atoms. The fraction of sp³-hybridized carbons (Fsp3) is 0.300. The number of benzene rings is 2. The molecule has 0 radical (unpaired) electrons. The molecule has 7 heteroatoms. The summed E-state index contributed by atoms with van der Waals surface area (Å²) in [5, 5.41) is 27.2. The van der Waals surface area contributed by atoms with Crippen molar-refractivity contribution in [2.24, 2.45) is 0 Å². The first-order valence-electron chi connectivity index (χ1n) is 8.37. The van der Waals surface area contributed by atoms with Gasteiger partial charge in [-0.05, 0) is 32.0 Å². The Labute approximate surface area is 158 Å². The van der Waals surface area contributed by atoms with Crippen molar-refractivity contribution in [1.29, 1.82) is 0 Å². The molecule has 2 aromatic carbocycles. The van der Waals surface area contributed by atoms with Crippen LogP contribution in [0.15, 0.2) is 54.6 Å². The van der Waals surface area contributed by atoms with Crippen LogP contribution >= 0.6 is 0 Å². The van der Waals surface area contributed by atoms with Crippen LogP contribution in [0.25, 0.3) is 10.8 Å². The van der Waals surface area contributed by atoms with Gasteiger partial charge in [-0.25, -0.2) is 9.59 Å². The molecule has 0 heterocycles. The highest BCUT2D eigenvalue weighted by molar-refractivity contribution is 5.89. The van der Waals surface area contributed by atoms with Crippen molar-refractivity contribution < 1.29 is 29.6 Å². The monoisotopic (exact) mass is 375 g/mol. The average Bonchev–Trinajstić information content (AvgIpc) is 2.64. The largest absolute Gasteiger partial charge is 0.493 e. The smallest absolute Gasteiger partial charge is 0.328 e. The molecule has 2 rings (SSSR count). The van der Waals surface area contributed by atoms with Crippen LogP contribution in [0.4, 0.5) is 0 Å². The molecule has 0 amide bonds. The third kappa shape index (κ3) is 8.35. The van der Waals surface area contributed by atoms with Gasteiger partial charge >= 0.3 is 11.9 Å². The maximum Gasteiger partial charge on any atom is 0.328 e. The minimum absolute atomic E-state index is 0.148. The van der Waals surface area contributed by atoms with Gasteiger partial charge in [0, 0.05) is 23.6 Å². The molecular formula is C20H25NO6. The summed E-state index contributed by atoms with van der Waals surface area (Å²) in [7, 11) is 3.94. The van der Waals surface area contributed by atoms with E-state index in [-0.39, 0.29) is 12.6 Å². The van der Waals surface area contributed by atoms with Crippen LogP contribution in [0.2, 0.25) is 0 Å². The highest BCUT2D eigenvalue weighted by Crippen LogP contribution is 2.25. The van der Waals surface area contributed by atoms with Gasteiger partial charge in [0.1, 0.15) is 5.75 Å².